The Bertz CT molecular complexity index is 926. The molecule has 276 valence electrons. The molecule has 0 saturated heterocycles. The molecular formula is C39H69N3O5S. The van der Waals surface area contributed by atoms with Crippen LogP contribution in [-0.2, 0) is 25.6 Å². The molecule has 9 heteroatoms. The fourth-order valence-electron chi connectivity index (χ4n) is 5.59. The van der Waals surface area contributed by atoms with Crippen molar-refractivity contribution in [2.24, 2.45) is 0 Å². The number of rotatable bonds is 32. The molecule has 1 heterocycles. The second kappa shape index (κ2) is 31.9. The van der Waals surface area contributed by atoms with E-state index in [-0.39, 0.29) is 29.7 Å². The lowest BCUT2D eigenvalue weighted by Gasteiger charge is -2.22. The van der Waals surface area contributed by atoms with Gasteiger partial charge in [-0.3, -0.25) is 14.4 Å². The van der Waals surface area contributed by atoms with Crippen LogP contribution in [0.4, 0.5) is 4.79 Å². The zero-order valence-electron chi connectivity index (χ0n) is 30.8. The molecule has 0 aromatic carbocycles. The summed E-state index contributed by atoms with van der Waals surface area (Å²) in [6.45, 7) is 8.68. The van der Waals surface area contributed by atoms with Crippen LogP contribution in [0, 0.1) is 0 Å². The van der Waals surface area contributed by atoms with Gasteiger partial charge < -0.3 is 18.9 Å². The molecule has 0 aliphatic heterocycles. The molecule has 8 nitrogen and oxygen atoms in total. The van der Waals surface area contributed by atoms with Gasteiger partial charge in [-0.1, -0.05) is 115 Å². The summed E-state index contributed by atoms with van der Waals surface area (Å²) in [5, 5.41) is -0.00888. The number of amides is 1. The lowest BCUT2D eigenvalue weighted by Crippen LogP contribution is -2.31. The summed E-state index contributed by atoms with van der Waals surface area (Å²) in [4.78, 5) is 44.3. The van der Waals surface area contributed by atoms with E-state index >= 15 is 0 Å². The van der Waals surface area contributed by atoms with Crippen LogP contribution in [0.25, 0.3) is 0 Å². The highest BCUT2D eigenvalue weighted by molar-refractivity contribution is 8.13. The maximum absolute atomic E-state index is 13.2. The van der Waals surface area contributed by atoms with Crippen LogP contribution in [0.15, 0.2) is 30.9 Å². The van der Waals surface area contributed by atoms with E-state index in [4.69, 9.17) is 9.47 Å². The van der Waals surface area contributed by atoms with Crippen molar-refractivity contribution in [2.45, 2.75) is 175 Å². The molecule has 0 aliphatic rings. The minimum atomic E-state index is -0.245. The standard InChI is InChI=1S/C39H69N3O5S/c1-4-7-10-13-14-17-20-33-46-37(43)26-21-30-42(39(45)48-34-23-29-41-32-28-40-35-41)31-22-27-38(44)47-36(24-18-15-11-8-5-2)25-19-16-12-9-6-3/h17,20,28,32,35-36H,4-16,18-19,21-27,29-31,33-34H2,1-3H3/b20-17-. The molecule has 0 saturated carbocycles. The monoisotopic (exact) mass is 691 g/mol. The lowest BCUT2D eigenvalue weighted by atomic mass is 10.0. The number of unbranched alkanes of at least 4 members (excludes halogenated alkanes) is 12. The zero-order chi connectivity index (χ0) is 34.9. The van der Waals surface area contributed by atoms with Crippen molar-refractivity contribution < 1.29 is 23.9 Å². The van der Waals surface area contributed by atoms with Gasteiger partial charge in [0.2, 0.25) is 0 Å². The number of imidazole rings is 1. The van der Waals surface area contributed by atoms with E-state index in [1.165, 1.54) is 88.8 Å². The smallest absolute Gasteiger partial charge is 0.306 e. The van der Waals surface area contributed by atoms with Gasteiger partial charge in [-0.25, -0.2) is 4.98 Å². The molecule has 1 aromatic rings. The fraction of sp³-hybridized carbons (Fsp3) is 0.795. The minimum Gasteiger partial charge on any atom is -0.462 e. The van der Waals surface area contributed by atoms with Gasteiger partial charge in [-0.15, -0.1) is 0 Å². The molecule has 1 aromatic heterocycles. The number of nitrogens with zero attached hydrogens (tertiary/aromatic N) is 3. The number of hydrogen-bond donors (Lipinski definition) is 0. The van der Waals surface area contributed by atoms with E-state index in [2.05, 4.69) is 31.8 Å². The van der Waals surface area contributed by atoms with Crippen molar-refractivity contribution in [3.05, 3.63) is 30.9 Å². The molecule has 0 atom stereocenters. The lowest BCUT2D eigenvalue weighted by molar-refractivity contribution is -0.150. The summed E-state index contributed by atoms with van der Waals surface area (Å²) >= 11 is 1.30. The molecule has 0 bridgehead atoms. The number of esters is 2. The Morgan fingerprint density at radius 1 is 0.750 bits per heavy atom. The highest BCUT2D eigenvalue weighted by Gasteiger charge is 2.18. The zero-order valence-corrected chi connectivity index (χ0v) is 31.7. The van der Waals surface area contributed by atoms with Gasteiger partial charge in [-0.2, -0.15) is 0 Å². The number of hydrogen-bond acceptors (Lipinski definition) is 7. The summed E-state index contributed by atoms with van der Waals surface area (Å²) < 4.78 is 13.4. The molecule has 0 spiro atoms. The molecule has 0 radical (unpaired) electrons. The average Bonchev–Trinajstić information content (AvgIpc) is 3.60. The number of aromatic nitrogens is 2. The third-order valence-electron chi connectivity index (χ3n) is 8.51. The number of allylic oxidation sites excluding steroid dienone is 1. The molecule has 48 heavy (non-hydrogen) atoms. The van der Waals surface area contributed by atoms with E-state index in [1.807, 2.05) is 16.8 Å². The summed E-state index contributed by atoms with van der Waals surface area (Å²) in [6.07, 6.45) is 31.8. The van der Waals surface area contributed by atoms with Crippen molar-refractivity contribution in [3.63, 3.8) is 0 Å². The molecule has 1 amide bonds. The first kappa shape index (κ1) is 43.7. The van der Waals surface area contributed by atoms with Gasteiger partial charge in [0.15, 0.2) is 0 Å². The van der Waals surface area contributed by atoms with Crippen LogP contribution in [0.5, 0.6) is 0 Å². The van der Waals surface area contributed by atoms with Gasteiger partial charge >= 0.3 is 11.9 Å². The number of aryl methyl sites for hydroxylation is 1. The predicted octanol–water partition coefficient (Wildman–Crippen LogP) is 10.7. The Morgan fingerprint density at radius 3 is 1.96 bits per heavy atom. The van der Waals surface area contributed by atoms with Crippen molar-refractivity contribution in [1.29, 1.82) is 0 Å². The van der Waals surface area contributed by atoms with Gasteiger partial charge in [0, 0.05) is 50.6 Å². The van der Waals surface area contributed by atoms with Gasteiger partial charge in [0.1, 0.15) is 12.7 Å². The van der Waals surface area contributed by atoms with Crippen LogP contribution in [0.2, 0.25) is 0 Å². The Morgan fingerprint density at radius 2 is 1.35 bits per heavy atom. The first-order valence-corrected chi connectivity index (χ1v) is 20.4. The summed E-state index contributed by atoms with van der Waals surface area (Å²) in [7, 11) is 0. The van der Waals surface area contributed by atoms with Gasteiger partial charge in [0.05, 0.1) is 6.33 Å². The normalized spacial score (nSPS) is 11.4. The predicted molar refractivity (Wildman–Crippen MR) is 200 cm³/mol. The molecule has 1 rings (SSSR count). The fourth-order valence-corrected chi connectivity index (χ4v) is 6.40. The second-order valence-electron chi connectivity index (χ2n) is 13.0. The Balaban J connectivity index is 2.54. The highest BCUT2D eigenvalue weighted by atomic mass is 32.2. The Hall–Kier alpha value is -2.29. The van der Waals surface area contributed by atoms with Crippen molar-refractivity contribution in [3.8, 4) is 0 Å². The third kappa shape index (κ3) is 25.7. The Labute approximate surface area is 297 Å². The topological polar surface area (TPSA) is 90.7 Å². The van der Waals surface area contributed by atoms with E-state index in [9.17, 15) is 14.4 Å². The number of ether oxygens (including phenoxy) is 2. The Kier molecular flexibility index (Phi) is 29.1. The van der Waals surface area contributed by atoms with Crippen LogP contribution >= 0.6 is 11.8 Å². The van der Waals surface area contributed by atoms with E-state index in [0.717, 1.165) is 45.1 Å². The first-order chi connectivity index (χ1) is 23.5. The number of thioether (sulfide) groups is 1. The van der Waals surface area contributed by atoms with Crippen molar-refractivity contribution in [1.82, 2.24) is 14.5 Å². The van der Waals surface area contributed by atoms with E-state index in [0.29, 0.717) is 44.7 Å². The maximum Gasteiger partial charge on any atom is 0.306 e. The molecule has 0 fully saturated rings. The quantitative estimate of drug-likeness (QED) is 0.0422. The maximum atomic E-state index is 13.2. The van der Waals surface area contributed by atoms with Gasteiger partial charge in [-0.05, 0) is 57.8 Å². The number of carbonyl (C=O) groups is 3. The molecule has 0 N–H and O–H groups in total. The highest BCUT2D eigenvalue weighted by Crippen LogP contribution is 2.18. The van der Waals surface area contributed by atoms with Gasteiger partial charge in [0.25, 0.3) is 5.24 Å². The number of carbonyl (C=O) groups excluding carboxylic acids is 3. The van der Waals surface area contributed by atoms with Crippen LogP contribution < -0.4 is 0 Å². The summed E-state index contributed by atoms with van der Waals surface area (Å²) in [6, 6.07) is 0. The van der Waals surface area contributed by atoms with Crippen LogP contribution in [0.3, 0.4) is 0 Å². The van der Waals surface area contributed by atoms with E-state index in [1.54, 1.807) is 17.4 Å². The summed E-state index contributed by atoms with van der Waals surface area (Å²) in [5.74, 6) is 0.287. The average molecular weight is 692 g/mol. The minimum absolute atomic E-state index is 0.00791. The SMILES string of the molecule is CCCCCC/C=C\COC(=O)CCCN(CCCC(=O)OC(CCCCCCC)CCCCCCC)C(=O)SCCCn1ccnc1. The van der Waals surface area contributed by atoms with Crippen molar-refractivity contribution >= 4 is 28.9 Å². The summed E-state index contributed by atoms with van der Waals surface area (Å²) in [5.41, 5.74) is 0. The van der Waals surface area contributed by atoms with Crippen molar-refractivity contribution in [2.75, 3.05) is 25.4 Å². The van der Waals surface area contributed by atoms with Crippen LogP contribution in [0.1, 0.15) is 162 Å². The molecular weight excluding hydrogens is 623 g/mol. The molecule has 0 unspecified atom stereocenters. The van der Waals surface area contributed by atoms with Crippen LogP contribution in [-0.4, -0.2) is 63.2 Å². The second-order valence-corrected chi connectivity index (χ2v) is 14.0. The van der Waals surface area contributed by atoms with E-state index < -0.39 is 0 Å². The first-order valence-electron chi connectivity index (χ1n) is 19.4. The molecule has 0 aliphatic carbocycles. The largest absolute Gasteiger partial charge is 0.462 e. The third-order valence-corrected chi connectivity index (χ3v) is 9.51.